The summed E-state index contributed by atoms with van der Waals surface area (Å²) in [6.07, 6.45) is 0. The molecule has 0 aliphatic heterocycles. The highest BCUT2D eigenvalue weighted by Crippen LogP contribution is 2.64. The van der Waals surface area contributed by atoms with Crippen LogP contribution in [0.1, 0.15) is 30.3 Å². The van der Waals surface area contributed by atoms with Gasteiger partial charge in [0.25, 0.3) is 0 Å². The maximum Gasteiger partial charge on any atom is 0.238 e. The summed E-state index contributed by atoms with van der Waals surface area (Å²) in [5.41, 5.74) is 1.30. The van der Waals surface area contributed by atoms with Crippen LogP contribution in [0, 0.1) is 18.3 Å². The Morgan fingerprint density at radius 2 is 1.91 bits per heavy atom. The van der Waals surface area contributed by atoms with Crippen molar-refractivity contribution >= 4 is 26.5 Å². The second-order valence-corrected chi connectivity index (χ2v) is 9.27. The van der Waals surface area contributed by atoms with E-state index in [0.717, 1.165) is 22.2 Å². The van der Waals surface area contributed by atoms with Crippen molar-refractivity contribution in [3.63, 3.8) is 0 Å². The fourth-order valence-electron chi connectivity index (χ4n) is 3.22. The minimum Gasteiger partial charge on any atom is -0.360 e. The molecule has 0 radical (unpaired) electrons. The van der Waals surface area contributed by atoms with Crippen LogP contribution in [0.25, 0.3) is 0 Å². The quantitative estimate of drug-likeness (QED) is 0.861. The van der Waals surface area contributed by atoms with E-state index in [0.29, 0.717) is 11.8 Å². The summed E-state index contributed by atoms with van der Waals surface area (Å²) in [7, 11) is -3.64. The lowest BCUT2D eigenvalue weighted by Gasteiger charge is -2.04. The molecule has 6 nitrogen and oxygen atoms in total. The highest BCUT2D eigenvalue weighted by molar-refractivity contribution is 7.89. The van der Waals surface area contributed by atoms with Crippen LogP contribution in [0.5, 0.6) is 0 Å². The van der Waals surface area contributed by atoms with Crippen molar-refractivity contribution in [3.05, 3.63) is 34.8 Å². The average Bonchev–Trinajstić information content (AvgIpc) is 2.77. The standard InChI is InChI=1S/C15H20N4O2S2/c1-9-18-19-14(22-9)17-8-12-13(15(12,2)3)10-4-6-11(7-5-10)23(16,20)21/h4-7,12-13H,8H2,1-3H3,(H,17,19)(H2,16,20,21). The van der Waals surface area contributed by atoms with Crippen molar-refractivity contribution < 1.29 is 8.42 Å². The van der Waals surface area contributed by atoms with Gasteiger partial charge in [-0.3, -0.25) is 0 Å². The van der Waals surface area contributed by atoms with Gasteiger partial charge in [-0.15, -0.1) is 10.2 Å². The molecule has 2 atom stereocenters. The molecular weight excluding hydrogens is 332 g/mol. The van der Waals surface area contributed by atoms with Gasteiger partial charge in [0.15, 0.2) is 0 Å². The highest BCUT2D eigenvalue weighted by Gasteiger charge is 2.57. The summed E-state index contributed by atoms with van der Waals surface area (Å²) in [6, 6.07) is 6.89. The molecule has 0 spiro atoms. The summed E-state index contributed by atoms with van der Waals surface area (Å²) >= 11 is 1.55. The third-order valence-electron chi connectivity index (χ3n) is 4.62. The number of rotatable bonds is 5. The van der Waals surface area contributed by atoms with Crippen LogP contribution < -0.4 is 10.5 Å². The zero-order chi connectivity index (χ0) is 16.8. The van der Waals surface area contributed by atoms with E-state index in [1.54, 1.807) is 23.5 Å². The number of hydrogen-bond donors (Lipinski definition) is 2. The molecule has 1 aromatic carbocycles. The fraction of sp³-hybridized carbons (Fsp3) is 0.467. The minimum atomic E-state index is -3.64. The number of nitrogens with zero attached hydrogens (tertiary/aromatic N) is 2. The lowest BCUT2D eigenvalue weighted by molar-refractivity contribution is 0.565. The van der Waals surface area contributed by atoms with E-state index in [2.05, 4.69) is 29.4 Å². The van der Waals surface area contributed by atoms with Gasteiger partial charge in [0.05, 0.1) is 4.90 Å². The van der Waals surface area contributed by atoms with E-state index >= 15 is 0 Å². The molecule has 1 aliphatic carbocycles. The van der Waals surface area contributed by atoms with E-state index in [-0.39, 0.29) is 10.3 Å². The number of aromatic nitrogens is 2. The molecule has 0 bridgehead atoms. The molecule has 1 heterocycles. The zero-order valence-corrected chi connectivity index (χ0v) is 14.9. The smallest absolute Gasteiger partial charge is 0.238 e. The Morgan fingerprint density at radius 1 is 1.26 bits per heavy atom. The van der Waals surface area contributed by atoms with Crippen molar-refractivity contribution in [2.75, 3.05) is 11.9 Å². The van der Waals surface area contributed by atoms with Crippen LogP contribution in [-0.2, 0) is 10.0 Å². The van der Waals surface area contributed by atoms with Crippen molar-refractivity contribution in [1.29, 1.82) is 0 Å². The van der Waals surface area contributed by atoms with Gasteiger partial charge in [-0.25, -0.2) is 13.6 Å². The molecule has 23 heavy (non-hydrogen) atoms. The van der Waals surface area contributed by atoms with Gasteiger partial charge in [-0.1, -0.05) is 37.3 Å². The lowest BCUT2D eigenvalue weighted by atomic mass is 10.0. The van der Waals surface area contributed by atoms with Crippen LogP contribution in [0.2, 0.25) is 0 Å². The van der Waals surface area contributed by atoms with Gasteiger partial charge in [0, 0.05) is 6.54 Å². The summed E-state index contributed by atoms with van der Waals surface area (Å²) < 4.78 is 22.7. The molecule has 1 aromatic heterocycles. The molecule has 0 saturated heterocycles. The normalized spacial score (nSPS) is 22.8. The highest BCUT2D eigenvalue weighted by atomic mass is 32.2. The first-order chi connectivity index (χ1) is 10.7. The monoisotopic (exact) mass is 352 g/mol. The molecule has 1 aliphatic rings. The van der Waals surface area contributed by atoms with Crippen molar-refractivity contribution in [3.8, 4) is 0 Å². The zero-order valence-electron chi connectivity index (χ0n) is 13.3. The molecule has 0 amide bonds. The number of nitrogens with two attached hydrogens (primary N) is 1. The van der Waals surface area contributed by atoms with E-state index in [4.69, 9.17) is 5.14 Å². The van der Waals surface area contributed by atoms with Gasteiger partial charge < -0.3 is 5.32 Å². The Kier molecular flexibility index (Phi) is 3.94. The summed E-state index contributed by atoms with van der Waals surface area (Å²) in [4.78, 5) is 0.152. The average molecular weight is 352 g/mol. The molecule has 1 fully saturated rings. The summed E-state index contributed by atoms with van der Waals surface area (Å²) in [5.74, 6) is 0.852. The number of primary sulfonamides is 1. The third kappa shape index (κ3) is 3.24. The molecule has 1 saturated carbocycles. The lowest BCUT2D eigenvalue weighted by Crippen LogP contribution is -2.11. The largest absolute Gasteiger partial charge is 0.360 e. The van der Waals surface area contributed by atoms with E-state index in [1.165, 1.54) is 0 Å². The fourth-order valence-corrected chi connectivity index (χ4v) is 4.33. The Morgan fingerprint density at radius 3 is 2.43 bits per heavy atom. The predicted molar refractivity (Wildman–Crippen MR) is 91.0 cm³/mol. The van der Waals surface area contributed by atoms with E-state index in [9.17, 15) is 8.42 Å². The van der Waals surface area contributed by atoms with Crippen LogP contribution in [0.15, 0.2) is 29.2 Å². The maximum atomic E-state index is 11.3. The number of benzene rings is 1. The molecule has 8 heteroatoms. The van der Waals surface area contributed by atoms with Gasteiger partial charge in [-0.2, -0.15) is 0 Å². The molecule has 2 unspecified atom stereocenters. The molecule has 3 N–H and O–H groups in total. The second kappa shape index (κ2) is 5.54. The Hall–Kier alpha value is -1.51. The SMILES string of the molecule is Cc1nnc(NCC2C(c3ccc(S(N)(=O)=O)cc3)C2(C)C)s1. The van der Waals surface area contributed by atoms with Crippen molar-refractivity contribution in [2.45, 2.75) is 31.6 Å². The van der Waals surface area contributed by atoms with E-state index < -0.39 is 10.0 Å². The first-order valence-electron chi connectivity index (χ1n) is 7.36. The minimum absolute atomic E-state index is 0.152. The second-order valence-electron chi connectivity index (χ2n) is 6.53. The topological polar surface area (TPSA) is 98.0 Å². The van der Waals surface area contributed by atoms with Crippen molar-refractivity contribution in [2.24, 2.45) is 16.5 Å². The molecule has 124 valence electrons. The van der Waals surface area contributed by atoms with Gasteiger partial charge >= 0.3 is 0 Å². The van der Waals surface area contributed by atoms with Gasteiger partial charge in [-0.05, 0) is 41.9 Å². The Labute approximate surface area is 140 Å². The van der Waals surface area contributed by atoms with Gasteiger partial charge in [0.1, 0.15) is 5.01 Å². The van der Waals surface area contributed by atoms with Gasteiger partial charge in [0.2, 0.25) is 15.2 Å². The number of anilines is 1. The molecule has 3 rings (SSSR count). The van der Waals surface area contributed by atoms with Crippen LogP contribution in [0.3, 0.4) is 0 Å². The van der Waals surface area contributed by atoms with Crippen LogP contribution in [-0.4, -0.2) is 25.2 Å². The van der Waals surface area contributed by atoms with Crippen LogP contribution >= 0.6 is 11.3 Å². The summed E-state index contributed by atoms with van der Waals surface area (Å²) in [5, 5.41) is 18.3. The predicted octanol–water partition coefficient (Wildman–Crippen LogP) is 2.35. The van der Waals surface area contributed by atoms with E-state index in [1.807, 2.05) is 19.1 Å². The number of sulfonamides is 1. The Balaban J connectivity index is 1.70. The third-order valence-corrected chi connectivity index (χ3v) is 6.34. The first-order valence-corrected chi connectivity index (χ1v) is 9.72. The number of nitrogens with one attached hydrogen (secondary N) is 1. The first kappa shape index (κ1) is 16.4. The van der Waals surface area contributed by atoms with Crippen LogP contribution in [0.4, 0.5) is 5.13 Å². The number of hydrogen-bond acceptors (Lipinski definition) is 6. The maximum absolute atomic E-state index is 11.3. The van der Waals surface area contributed by atoms with Crippen molar-refractivity contribution in [1.82, 2.24) is 10.2 Å². The molecular formula is C15H20N4O2S2. The Bertz CT molecular complexity index is 812. The number of aryl methyl sites for hydroxylation is 1. The molecule has 2 aromatic rings. The summed E-state index contributed by atoms with van der Waals surface area (Å²) in [6.45, 7) is 7.20.